The number of hydrogen-bond donors (Lipinski definition) is 1. The third-order valence-electron chi connectivity index (χ3n) is 2.98. The molecule has 4 nitrogen and oxygen atoms in total. The molecule has 1 N–H and O–H groups in total. The molecule has 0 aliphatic rings. The van der Waals surface area contributed by atoms with Gasteiger partial charge in [0.15, 0.2) is 11.5 Å². The van der Waals surface area contributed by atoms with E-state index in [0.29, 0.717) is 19.0 Å². The molecule has 0 aromatic heterocycles. The fraction of sp³-hybridized carbons (Fsp3) is 0.278. The molecular formula is C18H21FN2O2. The second-order valence-electron chi connectivity index (χ2n) is 4.86. The highest BCUT2D eigenvalue weighted by Crippen LogP contribution is 2.28. The predicted octanol–water partition coefficient (Wildman–Crippen LogP) is 4.46. The van der Waals surface area contributed by atoms with E-state index in [2.05, 4.69) is 17.5 Å². The molecule has 2 rings (SSSR count). The van der Waals surface area contributed by atoms with Crippen LogP contribution < -0.4 is 14.9 Å². The fourth-order valence-corrected chi connectivity index (χ4v) is 1.91. The minimum Gasteiger partial charge on any atom is -0.490 e. The molecule has 0 atom stereocenters. The molecule has 2 aromatic rings. The summed E-state index contributed by atoms with van der Waals surface area (Å²) in [6.45, 7) is 5.21. The summed E-state index contributed by atoms with van der Waals surface area (Å²) in [7, 11) is 0. The van der Waals surface area contributed by atoms with Crippen molar-refractivity contribution in [3.63, 3.8) is 0 Å². The van der Waals surface area contributed by atoms with Crippen molar-refractivity contribution in [3.05, 3.63) is 53.8 Å². The van der Waals surface area contributed by atoms with Crippen LogP contribution in [0.3, 0.4) is 0 Å². The minimum atomic E-state index is -0.274. The highest BCUT2D eigenvalue weighted by molar-refractivity contribution is 5.81. The highest BCUT2D eigenvalue weighted by atomic mass is 19.1. The lowest BCUT2D eigenvalue weighted by atomic mass is 10.2. The second kappa shape index (κ2) is 8.78. The van der Waals surface area contributed by atoms with E-state index in [1.165, 1.54) is 12.1 Å². The van der Waals surface area contributed by atoms with Crippen LogP contribution in [0.1, 0.15) is 25.8 Å². The van der Waals surface area contributed by atoms with Crippen LogP contribution in [0.2, 0.25) is 0 Å². The van der Waals surface area contributed by atoms with E-state index < -0.39 is 0 Å². The van der Waals surface area contributed by atoms with Crippen molar-refractivity contribution in [1.82, 2.24) is 0 Å². The van der Waals surface area contributed by atoms with Crippen molar-refractivity contribution >= 4 is 11.9 Å². The zero-order valence-corrected chi connectivity index (χ0v) is 13.4. The van der Waals surface area contributed by atoms with Gasteiger partial charge in [0.1, 0.15) is 5.82 Å². The first-order valence-corrected chi connectivity index (χ1v) is 7.67. The van der Waals surface area contributed by atoms with E-state index in [1.807, 2.05) is 25.1 Å². The largest absolute Gasteiger partial charge is 0.490 e. The van der Waals surface area contributed by atoms with Gasteiger partial charge in [-0.05, 0) is 61.4 Å². The first-order chi connectivity index (χ1) is 11.2. The number of anilines is 1. The van der Waals surface area contributed by atoms with E-state index in [4.69, 9.17) is 9.47 Å². The van der Waals surface area contributed by atoms with Gasteiger partial charge >= 0.3 is 0 Å². The summed E-state index contributed by atoms with van der Waals surface area (Å²) < 4.78 is 24.1. The molecule has 0 amide bonds. The standard InChI is InChI=1S/C18H21FN2O2/c1-3-11-23-17-10-5-14(12-18(17)22-4-2)13-20-21-16-8-6-15(19)7-9-16/h5-10,12-13,21H,3-4,11H2,1-2H3/b20-13+. The molecule has 0 spiro atoms. The zero-order valence-electron chi connectivity index (χ0n) is 13.4. The van der Waals surface area contributed by atoms with Crippen LogP contribution in [0.25, 0.3) is 0 Å². The molecule has 0 fully saturated rings. The zero-order chi connectivity index (χ0) is 16.5. The number of benzene rings is 2. The average molecular weight is 316 g/mol. The van der Waals surface area contributed by atoms with E-state index in [0.717, 1.165) is 23.4 Å². The van der Waals surface area contributed by atoms with Crippen LogP contribution in [0.4, 0.5) is 10.1 Å². The van der Waals surface area contributed by atoms with Gasteiger partial charge in [-0.15, -0.1) is 0 Å². The van der Waals surface area contributed by atoms with Crippen molar-refractivity contribution in [2.45, 2.75) is 20.3 Å². The van der Waals surface area contributed by atoms with E-state index >= 15 is 0 Å². The summed E-state index contributed by atoms with van der Waals surface area (Å²) in [5.74, 6) is 1.16. The predicted molar refractivity (Wildman–Crippen MR) is 91.0 cm³/mol. The van der Waals surface area contributed by atoms with Gasteiger partial charge < -0.3 is 9.47 Å². The molecule has 0 bridgehead atoms. The SMILES string of the molecule is CCCOc1ccc(/C=N/Nc2ccc(F)cc2)cc1OCC. The lowest BCUT2D eigenvalue weighted by molar-refractivity contribution is 0.277. The molecule has 5 heteroatoms. The molecule has 0 saturated heterocycles. The summed E-state index contributed by atoms with van der Waals surface area (Å²) in [6, 6.07) is 11.7. The number of hydrogen-bond acceptors (Lipinski definition) is 4. The number of nitrogens with one attached hydrogen (secondary N) is 1. The van der Waals surface area contributed by atoms with Gasteiger partial charge in [0.05, 0.1) is 25.1 Å². The summed E-state index contributed by atoms with van der Waals surface area (Å²) in [5, 5.41) is 4.14. The molecule has 0 saturated carbocycles. The molecule has 0 radical (unpaired) electrons. The van der Waals surface area contributed by atoms with Gasteiger partial charge in [0.2, 0.25) is 0 Å². The Labute approximate surface area is 135 Å². The topological polar surface area (TPSA) is 42.8 Å². The van der Waals surface area contributed by atoms with Gasteiger partial charge in [-0.3, -0.25) is 5.43 Å². The Bertz CT molecular complexity index is 642. The van der Waals surface area contributed by atoms with Gasteiger partial charge in [-0.25, -0.2) is 4.39 Å². The van der Waals surface area contributed by atoms with Crippen LogP contribution in [0, 0.1) is 5.82 Å². The van der Waals surface area contributed by atoms with Crippen molar-refractivity contribution < 1.29 is 13.9 Å². The monoisotopic (exact) mass is 316 g/mol. The molecule has 0 aliphatic carbocycles. The number of nitrogens with zero attached hydrogens (tertiary/aromatic N) is 1. The van der Waals surface area contributed by atoms with Crippen molar-refractivity contribution in [3.8, 4) is 11.5 Å². The summed E-state index contributed by atoms with van der Waals surface area (Å²) in [4.78, 5) is 0. The first-order valence-electron chi connectivity index (χ1n) is 7.67. The maximum Gasteiger partial charge on any atom is 0.161 e. The van der Waals surface area contributed by atoms with Gasteiger partial charge in [0, 0.05) is 0 Å². The van der Waals surface area contributed by atoms with Crippen LogP contribution in [-0.4, -0.2) is 19.4 Å². The van der Waals surface area contributed by atoms with E-state index in [-0.39, 0.29) is 5.82 Å². The number of rotatable bonds is 8. The van der Waals surface area contributed by atoms with E-state index in [9.17, 15) is 4.39 Å². The smallest absolute Gasteiger partial charge is 0.161 e. The molecule has 0 aliphatic heterocycles. The Hall–Kier alpha value is -2.56. The molecule has 2 aromatic carbocycles. The van der Waals surface area contributed by atoms with Gasteiger partial charge in [0.25, 0.3) is 0 Å². The summed E-state index contributed by atoms with van der Waals surface area (Å²) >= 11 is 0. The Balaban J connectivity index is 2.05. The third-order valence-corrected chi connectivity index (χ3v) is 2.98. The summed E-state index contributed by atoms with van der Waals surface area (Å²) in [6.07, 6.45) is 2.62. The maximum atomic E-state index is 12.8. The Kier molecular flexibility index (Phi) is 6.41. The third kappa shape index (κ3) is 5.29. The normalized spacial score (nSPS) is 10.7. The van der Waals surface area contributed by atoms with Gasteiger partial charge in [-0.2, -0.15) is 5.10 Å². The average Bonchev–Trinajstić information content (AvgIpc) is 2.56. The Morgan fingerprint density at radius 1 is 1.04 bits per heavy atom. The second-order valence-corrected chi connectivity index (χ2v) is 4.86. The molecule has 23 heavy (non-hydrogen) atoms. The number of ether oxygens (including phenoxy) is 2. The highest BCUT2D eigenvalue weighted by Gasteiger charge is 2.05. The quantitative estimate of drug-likeness (QED) is 0.577. The fourth-order valence-electron chi connectivity index (χ4n) is 1.91. The maximum absolute atomic E-state index is 12.8. The van der Waals surface area contributed by atoms with E-state index in [1.54, 1.807) is 18.3 Å². The number of halogens is 1. The van der Waals surface area contributed by atoms with Crippen molar-refractivity contribution in [1.29, 1.82) is 0 Å². The Morgan fingerprint density at radius 3 is 2.52 bits per heavy atom. The summed E-state index contributed by atoms with van der Waals surface area (Å²) in [5.41, 5.74) is 4.45. The van der Waals surface area contributed by atoms with Crippen molar-refractivity contribution in [2.24, 2.45) is 5.10 Å². The number of hydrazone groups is 1. The Morgan fingerprint density at radius 2 is 1.83 bits per heavy atom. The molecule has 0 heterocycles. The van der Waals surface area contributed by atoms with Gasteiger partial charge in [-0.1, -0.05) is 6.92 Å². The van der Waals surface area contributed by atoms with Crippen LogP contribution in [0.15, 0.2) is 47.6 Å². The molecule has 0 unspecified atom stereocenters. The van der Waals surface area contributed by atoms with Crippen molar-refractivity contribution in [2.75, 3.05) is 18.6 Å². The molecule has 122 valence electrons. The first kappa shape index (κ1) is 16.8. The minimum absolute atomic E-state index is 0.274. The lowest BCUT2D eigenvalue weighted by Crippen LogP contribution is -2.00. The van der Waals surface area contributed by atoms with Crippen LogP contribution in [-0.2, 0) is 0 Å². The molecular weight excluding hydrogens is 295 g/mol. The van der Waals surface area contributed by atoms with Crippen LogP contribution in [0.5, 0.6) is 11.5 Å². The lowest BCUT2D eigenvalue weighted by Gasteiger charge is -2.11. The van der Waals surface area contributed by atoms with Crippen LogP contribution >= 0.6 is 0 Å².